The Morgan fingerprint density at radius 2 is 1.92 bits per heavy atom. The smallest absolute Gasteiger partial charge is 0.325 e. The van der Waals surface area contributed by atoms with Crippen LogP contribution in [0.2, 0.25) is 0 Å². The van der Waals surface area contributed by atoms with Crippen LogP contribution >= 0.6 is 0 Å². The molecular weight excluding hydrogens is 324 g/mol. The molecule has 0 aromatic carbocycles. The first-order chi connectivity index (χ1) is 12.1. The topological polar surface area (TPSA) is 95.7 Å². The van der Waals surface area contributed by atoms with Crippen molar-refractivity contribution in [3.05, 3.63) is 36.2 Å². The molecule has 8 heteroatoms. The number of ether oxygens (including phenoxy) is 2. The van der Waals surface area contributed by atoms with Crippen LogP contribution < -0.4 is 0 Å². The highest BCUT2D eigenvalue weighted by Crippen LogP contribution is 2.18. The summed E-state index contributed by atoms with van der Waals surface area (Å²) in [5.74, 6) is -1.62. The first-order valence-electron chi connectivity index (χ1n) is 7.92. The second-order valence-electron chi connectivity index (χ2n) is 5.00. The lowest BCUT2D eigenvalue weighted by atomic mass is 10.2. The molecule has 8 nitrogen and oxygen atoms in total. The molecule has 2 rings (SSSR count). The molecule has 0 atom stereocenters. The average molecular weight is 344 g/mol. The molecule has 0 saturated heterocycles. The highest BCUT2D eigenvalue weighted by molar-refractivity contribution is 6.09. The quantitative estimate of drug-likeness (QED) is 0.433. The normalized spacial score (nSPS) is 11.0. The molecule has 0 bridgehead atoms. The molecule has 0 radical (unpaired) electrons. The zero-order valence-electron chi connectivity index (χ0n) is 14.4. The maximum absolute atomic E-state index is 12.0. The van der Waals surface area contributed by atoms with E-state index < -0.39 is 17.9 Å². The van der Waals surface area contributed by atoms with Crippen molar-refractivity contribution in [3.63, 3.8) is 0 Å². The summed E-state index contributed by atoms with van der Waals surface area (Å²) in [5.41, 5.74) is 0.724. The van der Waals surface area contributed by atoms with E-state index in [-0.39, 0.29) is 13.2 Å². The molecule has 0 amide bonds. The van der Waals surface area contributed by atoms with Crippen molar-refractivity contribution in [1.82, 2.24) is 14.8 Å². The van der Waals surface area contributed by atoms with Crippen LogP contribution in [0.15, 0.2) is 35.5 Å². The van der Waals surface area contributed by atoms with Gasteiger partial charge in [0.05, 0.1) is 18.9 Å². The summed E-state index contributed by atoms with van der Waals surface area (Å²) in [4.78, 5) is 32.5. The number of carbonyl (C=O) groups excluding carboxylic acids is 2. The van der Waals surface area contributed by atoms with E-state index in [0.29, 0.717) is 11.6 Å². The second kappa shape index (κ2) is 8.72. The van der Waals surface area contributed by atoms with Crippen LogP contribution in [-0.4, -0.2) is 46.1 Å². The van der Waals surface area contributed by atoms with E-state index in [1.807, 2.05) is 13.0 Å². The van der Waals surface area contributed by atoms with E-state index in [0.717, 1.165) is 5.69 Å². The summed E-state index contributed by atoms with van der Waals surface area (Å²) in [6, 6.07) is 7.12. The molecule has 0 unspecified atom stereocenters. The summed E-state index contributed by atoms with van der Waals surface area (Å²) in [7, 11) is 0. The van der Waals surface area contributed by atoms with E-state index in [1.54, 1.807) is 38.2 Å². The van der Waals surface area contributed by atoms with Crippen molar-refractivity contribution >= 4 is 24.0 Å². The van der Waals surface area contributed by atoms with Gasteiger partial charge >= 0.3 is 11.9 Å². The fourth-order valence-electron chi connectivity index (χ4n) is 2.06. The largest absolute Gasteiger partial charge is 0.465 e. The summed E-state index contributed by atoms with van der Waals surface area (Å²) < 4.78 is 11.4. The number of aliphatic imine (C=N–C) groups is 1. The first kappa shape index (κ1) is 18.3. The molecule has 0 N–H and O–H groups in total. The number of aromatic nitrogens is 3. The molecule has 2 aromatic heterocycles. The predicted octanol–water partition coefficient (Wildman–Crippen LogP) is 2.02. The Labute approximate surface area is 145 Å². The maximum atomic E-state index is 12.0. The third-order valence-electron chi connectivity index (χ3n) is 3.12. The minimum atomic E-state index is -1.23. The molecule has 2 aromatic rings. The van der Waals surface area contributed by atoms with Crippen LogP contribution in [0.1, 0.15) is 19.5 Å². The highest BCUT2D eigenvalue weighted by atomic mass is 16.6. The molecule has 0 aliphatic rings. The van der Waals surface area contributed by atoms with Gasteiger partial charge in [0.2, 0.25) is 0 Å². The van der Waals surface area contributed by atoms with Crippen LogP contribution in [0.4, 0.5) is 5.82 Å². The van der Waals surface area contributed by atoms with Crippen molar-refractivity contribution in [2.75, 3.05) is 13.2 Å². The number of aryl methyl sites for hydroxylation is 1. The van der Waals surface area contributed by atoms with Crippen LogP contribution in [0.25, 0.3) is 5.82 Å². The monoisotopic (exact) mass is 344 g/mol. The molecule has 25 heavy (non-hydrogen) atoms. The average Bonchev–Trinajstić information content (AvgIpc) is 2.97. The third kappa shape index (κ3) is 4.72. The minimum absolute atomic E-state index is 0.160. The SMILES string of the molecule is CCOC(=O)C(C=Nc1cc(C)nn1-c1ccccn1)C(=O)OCC. The predicted molar refractivity (Wildman–Crippen MR) is 91.0 cm³/mol. The lowest BCUT2D eigenvalue weighted by Gasteiger charge is -2.10. The summed E-state index contributed by atoms with van der Waals surface area (Å²) in [6.07, 6.45) is 2.85. The number of pyridine rings is 1. The lowest BCUT2D eigenvalue weighted by Crippen LogP contribution is -2.29. The Morgan fingerprint density at radius 3 is 2.48 bits per heavy atom. The van der Waals surface area contributed by atoms with Gasteiger partial charge in [0.15, 0.2) is 17.6 Å². The second-order valence-corrected chi connectivity index (χ2v) is 5.00. The third-order valence-corrected chi connectivity index (χ3v) is 3.12. The van der Waals surface area contributed by atoms with Crippen molar-refractivity contribution in [1.29, 1.82) is 0 Å². The Hall–Kier alpha value is -3.03. The van der Waals surface area contributed by atoms with Crippen molar-refractivity contribution in [2.45, 2.75) is 20.8 Å². The Bertz CT molecular complexity index is 737. The molecule has 0 fully saturated rings. The Balaban J connectivity index is 2.32. The fraction of sp³-hybridized carbons (Fsp3) is 0.353. The first-order valence-corrected chi connectivity index (χ1v) is 7.92. The van der Waals surface area contributed by atoms with Crippen LogP contribution in [-0.2, 0) is 19.1 Å². The van der Waals surface area contributed by atoms with E-state index in [9.17, 15) is 9.59 Å². The molecule has 0 saturated carbocycles. The fourth-order valence-corrected chi connectivity index (χ4v) is 2.06. The number of rotatable bonds is 7. The number of esters is 2. The molecule has 2 heterocycles. The Morgan fingerprint density at radius 1 is 1.24 bits per heavy atom. The van der Waals surface area contributed by atoms with Gasteiger partial charge in [-0.2, -0.15) is 9.78 Å². The van der Waals surface area contributed by atoms with Gasteiger partial charge in [0.25, 0.3) is 0 Å². The summed E-state index contributed by atoms with van der Waals surface area (Å²) in [6.45, 7) is 5.46. The molecule has 0 spiro atoms. The standard InChI is InChI=1S/C17H20N4O4/c1-4-24-16(22)13(17(23)25-5-2)11-19-15-10-12(3)20-21(15)14-8-6-7-9-18-14/h6-11,13H,4-5H2,1-3H3. The van der Waals surface area contributed by atoms with E-state index in [4.69, 9.17) is 9.47 Å². The van der Waals surface area contributed by atoms with E-state index in [1.165, 1.54) is 10.9 Å². The van der Waals surface area contributed by atoms with Gasteiger partial charge in [0, 0.05) is 18.5 Å². The minimum Gasteiger partial charge on any atom is -0.465 e. The molecular formula is C17H20N4O4. The highest BCUT2D eigenvalue weighted by Gasteiger charge is 2.28. The van der Waals surface area contributed by atoms with Crippen LogP contribution in [0.3, 0.4) is 0 Å². The van der Waals surface area contributed by atoms with Crippen molar-refractivity contribution < 1.29 is 19.1 Å². The van der Waals surface area contributed by atoms with E-state index in [2.05, 4.69) is 15.1 Å². The number of nitrogens with zero attached hydrogens (tertiary/aromatic N) is 4. The van der Waals surface area contributed by atoms with Crippen molar-refractivity contribution in [2.24, 2.45) is 10.9 Å². The number of hydrogen-bond donors (Lipinski definition) is 0. The van der Waals surface area contributed by atoms with Gasteiger partial charge in [-0.3, -0.25) is 9.59 Å². The zero-order chi connectivity index (χ0) is 18.2. The number of carbonyl (C=O) groups is 2. The van der Waals surface area contributed by atoms with E-state index >= 15 is 0 Å². The summed E-state index contributed by atoms with van der Waals surface area (Å²) in [5, 5.41) is 4.33. The van der Waals surface area contributed by atoms with Gasteiger partial charge in [-0.1, -0.05) is 6.07 Å². The van der Waals surface area contributed by atoms with Gasteiger partial charge < -0.3 is 9.47 Å². The van der Waals surface area contributed by atoms with Gasteiger partial charge in [-0.15, -0.1) is 0 Å². The zero-order valence-corrected chi connectivity index (χ0v) is 14.4. The molecule has 132 valence electrons. The summed E-state index contributed by atoms with van der Waals surface area (Å²) >= 11 is 0. The molecule has 0 aliphatic carbocycles. The lowest BCUT2D eigenvalue weighted by molar-refractivity contribution is -0.157. The van der Waals surface area contributed by atoms with Gasteiger partial charge in [0.1, 0.15) is 0 Å². The van der Waals surface area contributed by atoms with Crippen LogP contribution in [0.5, 0.6) is 0 Å². The maximum Gasteiger partial charge on any atom is 0.325 e. The van der Waals surface area contributed by atoms with Crippen molar-refractivity contribution in [3.8, 4) is 5.82 Å². The number of hydrogen-bond acceptors (Lipinski definition) is 7. The van der Waals surface area contributed by atoms with Gasteiger partial charge in [-0.05, 0) is 32.9 Å². The van der Waals surface area contributed by atoms with Crippen LogP contribution in [0, 0.1) is 12.8 Å². The molecule has 0 aliphatic heterocycles. The Kier molecular flexibility index (Phi) is 6.39. The van der Waals surface area contributed by atoms with Gasteiger partial charge in [-0.25, -0.2) is 9.98 Å².